The highest BCUT2D eigenvalue weighted by atomic mass is 32.1. The lowest BCUT2D eigenvalue weighted by atomic mass is 9.91. The molecule has 2 nitrogen and oxygen atoms in total. The number of hydrogen-bond donors (Lipinski definition) is 0. The average molecular weight is 731 g/mol. The number of nitrogens with zero attached hydrogens (tertiary/aromatic N) is 2. The molecule has 0 bridgehead atoms. The Kier molecular flexibility index (Phi) is 10.2. The molecule has 0 aliphatic heterocycles. The normalized spacial score (nSPS) is 11.2. The lowest BCUT2D eigenvalue weighted by molar-refractivity contribution is 0.867. The van der Waals surface area contributed by atoms with E-state index < -0.39 is 0 Å². The summed E-state index contributed by atoms with van der Waals surface area (Å²) in [7, 11) is 2.14. The van der Waals surface area contributed by atoms with Gasteiger partial charge in [-0.25, -0.2) is 0 Å². The Hall–Kier alpha value is -6.16. The summed E-state index contributed by atoms with van der Waals surface area (Å²) in [4.78, 5) is 7.19. The van der Waals surface area contributed by atoms with Gasteiger partial charge in [0.25, 0.3) is 0 Å². The van der Waals surface area contributed by atoms with Gasteiger partial charge in [-0.1, -0.05) is 147 Å². The van der Waals surface area contributed by atoms with Gasteiger partial charge in [-0.05, 0) is 107 Å². The molecule has 0 saturated carbocycles. The molecule has 0 spiro atoms. The predicted molar refractivity (Wildman–Crippen MR) is 239 cm³/mol. The SMILES string of the molecule is Cc1ccccc1N(C)c1ccc(N(c2ccc(-c3sc(-c4ccc(C(C)C)cc4)c(-c4ccccc4)c3-c3ccccc3)cc2)c2ccccc2C)cc1. The number of aryl methyl sites for hydroxylation is 2. The lowest BCUT2D eigenvalue weighted by Crippen LogP contribution is -2.13. The third kappa shape index (κ3) is 7.24. The van der Waals surface area contributed by atoms with Crippen molar-refractivity contribution in [1.82, 2.24) is 0 Å². The zero-order valence-corrected chi connectivity index (χ0v) is 33.0. The van der Waals surface area contributed by atoms with Gasteiger partial charge >= 0.3 is 0 Å². The summed E-state index contributed by atoms with van der Waals surface area (Å²) < 4.78 is 0. The van der Waals surface area contributed by atoms with Crippen LogP contribution in [0.2, 0.25) is 0 Å². The van der Waals surface area contributed by atoms with Crippen LogP contribution < -0.4 is 9.80 Å². The second-order valence-corrected chi connectivity index (χ2v) is 15.6. The minimum absolute atomic E-state index is 0.483. The third-order valence-corrected chi connectivity index (χ3v) is 11.9. The lowest BCUT2D eigenvalue weighted by Gasteiger charge is -2.28. The van der Waals surface area contributed by atoms with Gasteiger partial charge in [0.1, 0.15) is 0 Å². The van der Waals surface area contributed by atoms with Crippen LogP contribution in [0.5, 0.6) is 0 Å². The molecule has 0 amide bonds. The maximum absolute atomic E-state index is 2.38. The Morgan fingerprint density at radius 3 is 1.27 bits per heavy atom. The Labute approximate surface area is 330 Å². The standard InChI is InChI=1S/C52H46N2S/c1-36(2)39-24-26-42(27-25-39)51-49(40-18-8-6-9-19-40)50(41-20-10-7-11-21-41)52(55-51)43-28-30-45(31-29-43)54(48-23-15-13-17-38(48)4)46-34-32-44(33-35-46)53(5)47-22-14-12-16-37(47)3/h6-36H,1-5H3. The van der Waals surface area contributed by atoms with E-state index in [2.05, 4.69) is 227 Å². The number of hydrogen-bond acceptors (Lipinski definition) is 3. The largest absolute Gasteiger partial charge is 0.344 e. The Balaban J connectivity index is 1.24. The molecule has 0 radical (unpaired) electrons. The van der Waals surface area contributed by atoms with E-state index in [-0.39, 0.29) is 0 Å². The van der Waals surface area contributed by atoms with Crippen molar-refractivity contribution in [2.24, 2.45) is 0 Å². The molecule has 270 valence electrons. The highest BCUT2D eigenvalue weighted by Crippen LogP contribution is 2.52. The van der Waals surface area contributed by atoms with E-state index in [1.807, 2.05) is 11.3 Å². The highest BCUT2D eigenvalue weighted by Gasteiger charge is 2.24. The number of anilines is 5. The molecule has 0 unspecified atom stereocenters. The first-order valence-corrected chi connectivity index (χ1v) is 19.9. The van der Waals surface area contributed by atoms with Crippen LogP contribution in [0.3, 0.4) is 0 Å². The summed E-state index contributed by atoms with van der Waals surface area (Å²) in [6.45, 7) is 8.86. The molecule has 0 fully saturated rings. The first kappa shape index (κ1) is 35.8. The van der Waals surface area contributed by atoms with Gasteiger partial charge in [0, 0.05) is 56.4 Å². The number of benzene rings is 7. The highest BCUT2D eigenvalue weighted by molar-refractivity contribution is 7.20. The van der Waals surface area contributed by atoms with Crippen molar-refractivity contribution in [3.05, 3.63) is 199 Å². The molecule has 3 heteroatoms. The quantitative estimate of drug-likeness (QED) is 0.138. The van der Waals surface area contributed by atoms with E-state index in [4.69, 9.17) is 0 Å². The van der Waals surface area contributed by atoms with E-state index in [9.17, 15) is 0 Å². The molecule has 0 atom stereocenters. The van der Waals surface area contributed by atoms with Gasteiger partial charge < -0.3 is 9.80 Å². The zero-order valence-electron chi connectivity index (χ0n) is 32.2. The molecule has 0 aliphatic rings. The van der Waals surface area contributed by atoms with Gasteiger partial charge in [0.15, 0.2) is 0 Å². The van der Waals surface area contributed by atoms with Crippen LogP contribution in [0.4, 0.5) is 28.4 Å². The van der Waals surface area contributed by atoms with Gasteiger partial charge in [-0.15, -0.1) is 11.3 Å². The maximum atomic E-state index is 2.38. The molecule has 55 heavy (non-hydrogen) atoms. The second kappa shape index (κ2) is 15.7. The first-order valence-electron chi connectivity index (χ1n) is 19.1. The molecular weight excluding hydrogens is 685 g/mol. The van der Waals surface area contributed by atoms with E-state index in [0.29, 0.717) is 5.92 Å². The summed E-state index contributed by atoms with van der Waals surface area (Å²) in [5, 5.41) is 0. The summed E-state index contributed by atoms with van der Waals surface area (Å²) >= 11 is 1.89. The average Bonchev–Trinajstić information content (AvgIpc) is 3.64. The van der Waals surface area contributed by atoms with Gasteiger partial charge in [0.05, 0.1) is 0 Å². The summed E-state index contributed by atoms with van der Waals surface area (Å²) in [6, 6.07) is 66.2. The maximum Gasteiger partial charge on any atom is 0.0490 e. The van der Waals surface area contributed by atoms with E-state index in [1.165, 1.54) is 65.5 Å². The van der Waals surface area contributed by atoms with Crippen molar-refractivity contribution in [2.45, 2.75) is 33.6 Å². The van der Waals surface area contributed by atoms with Crippen molar-refractivity contribution >= 4 is 39.8 Å². The Bertz CT molecular complexity index is 2510. The fraction of sp³-hybridized carbons (Fsp3) is 0.115. The molecule has 0 saturated heterocycles. The van der Waals surface area contributed by atoms with Crippen molar-refractivity contribution < 1.29 is 0 Å². The van der Waals surface area contributed by atoms with Crippen LogP contribution in [0.25, 0.3) is 43.1 Å². The van der Waals surface area contributed by atoms with Crippen molar-refractivity contribution in [1.29, 1.82) is 0 Å². The molecule has 1 aromatic heterocycles. The monoisotopic (exact) mass is 730 g/mol. The molecule has 8 rings (SSSR count). The smallest absolute Gasteiger partial charge is 0.0490 e. The van der Waals surface area contributed by atoms with E-state index in [0.717, 1.165) is 22.7 Å². The fourth-order valence-electron chi connectivity index (χ4n) is 7.53. The Morgan fingerprint density at radius 2 is 0.800 bits per heavy atom. The van der Waals surface area contributed by atoms with Crippen LogP contribution in [-0.2, 0) is 0 Å². The molecule has 1 heterocycles. The minimum Gasteiger partial charge on any atom is -0.344 e. The number of para-hydroxylation sites is 2. The number of thiophene rings is 1. The fourth-order valence-corrected chi connectivity index (χ4v) is 8.88. The van der Waals surface area contributed by atoms with Gasteiger partial charge in [-0.3, -0.25) is 0 Å². The van der Waals surface area contributed by atoms with Crippen molar-refractivity contribution in [3.8, 4) is 43.1 Å². The van der Waals surface area contributed by atoms with E-state index >= 15 is 0 Å². The van der Waals surface area contributed by atoms with Crippen molar-refractivity contribution in [3.63, 3.8) is 0 Å². The topological polar surface area (TPSA) is 6.48 Å². The second-order valence-electron chi connectivity index (χ2n) is 14.5. The van der Waals surface area contributed by atoms with Gasteiger partial charge in [-0.2, -0.15) is 0 Å². The van der Waals surface area contributed by atoms with Crippen LogP contribution in [-0.4, -0.2) is 7.05 Å². The van der Waals surface area contributed by atoms with Crippen LogP contribution in [0.1, 0.15) is 36.5 Å². The molecule has 0 N–H and O–H groups in total. The zero-order chi connectivity index (χ0) is 37.9. The van der Waals surface area contributed by atoms with E-state index in [1.54, 1.807) is 0 Å². The molecule has 8 aromatic rings. The van der Waals surface area contributed by atoms with Crippen LogP contribution >= 0.6 is 11.3 Å². The molecule has 0 aliphatic carbocycles. The molecule has 7 aromatic carbocycles. The van der Waals surface area contributed by atoms with Gasteiger partial charge in [0.2, 0.25) is 0 Å². The van der Waals surface area contributed by atoms with Crippen LogP contribution in [0, 0.1) is 13.8 Å². The van der Waals surface area contributed by atoms with Crippen LogP contribution in [0.15, 0.2) is 182 Å². The predicted octanol–water partition coefficient (Wildman–Crippen LogP) is 15.4. The summed E-state index contributed by atoms with van der Waals surface area (Å²) in [6.07, 6.45) is 0. The summed E-state index contributed by atoms with van der Waals surface area (Å²) in [5.41, 5.74) is 17.0. The van der Waals surface area contributed by atoms with Crippen molar-refractivity contribution in [2.75, 3.05) is 16.8 Å². The Morgan fingerprint density at radius 1 is 0.400 bits per heavy atom. The molecular formula is C52H46N2S. The first-order chi connectivity index (χ1) is 26.9. The minimum atomic E-state index is 0.483. The third-order valence-electron chi connectivity index (χ3n) is 10.6. The summed E-state index contributed by atoms with van der Waals surface area (Å²) in [5.74, 6) is 0.483. The number of rotatable bonds is 10.